The second-order valence-corrected chi connectivity index (χ2v) is 6.40. The van der Waals surface area contributed by atoms with Crippen LogP contribution in [0.5, 0.6) is 0 Å². The summed E-state index contributed by atoms with van der Waals surface area (Å²) in [5.41, 5.74) is 0.779. The van der Waals surface area contributed by atoms with Crippen molar-refractivity contribution in [1.82, 2.24) is 4.90 Å². The van der Waals surface area contributed by atoms with Crippen LogP contribution in [-0.4, -0.2) is 48.0 Å². The Kier molecular flexibility index (Phi) is 3.56. The molecule has 3 rings (SSSR count). The number of hydrogen-bond donors (Lipinski definition) is 1. The number of aliphatic hydroxyl groups is 1. The summed E-state index contributed by atoms with van der Waals surface area (Å²) < 4.78 is 19.2. The highest BCUT2D eigenvalue weighted by Gasteiger charge is 2.44. The fourth-order valence-electron chi connectivity index (χ4n) is 3.51. The van der Waals surface area contributed by atoms with Crippen LogP contribution in [0.1, 0.15) is 24.0 Å². The quantitative estimate of drug-likeness (QED) is 0.897. The number of fused-ring (bicyclic) bond motifs is 2. The highest BCUT2D eigenvalue weighted by atomic mass is 19.1. The Morgan fingerprint density at radius 1 is 1.35 bits per heavy atom. The molecular weight excluding hydrogens is 257 g/mol. The van der Waals surface area contributed by atoms with Crippen molar-refractivity contribution in [2.75, 3.05) is 20.3 Å². The summed E-state index contributed by atoms with van der Waals surface area (Å²) in [6.07, 6.45) is 1.90. The van der Waals surface area contributed by atoms with Crippen molar-refractivity contribution >= 4 is 0 Å². The number of aryl methyl sites for hydroxylation is 1. The minimum Gasteiger partial charge on any atom is -0.389 e. The SMILES string of the molecule is Cc1ccc(CC2(O)CC3COCC(C2)N3C)cc1F. The molecule has 3 nitrogen and oxygen atoms in total. The van der Waals surface area contributed by atoms with Crippen LogP contribution in [-0.2, 0) is 11.2 Å². The molecule has 2 fully saturated rings. The molecule has 0 aromatic heterocycles. The second kappa shape index (κ2) is 5.10. The summed E-state index contributed by atoms with van der Waals surface area (Å²) in [7, 11) is 2.10. The summed E-state index contributed by atoms with van der Waals surface area (Å²) in [6.45, 7) is 3.11. The molecule has 1 aromatic carbocycles. The average Bonchev–Trinajstić information content (AvgIpc) is 2.36. The van der Waals surface area contributed by atoms with Gasteiger partial charge in [-0.1, -0.05) is 12.1 Å². The molecule has 110 valence electrons. The molecule has 2 saturated heterocycles. The first kappa shape index (κ1) is 14.0. The van der Waals surface area contributed by atoms with Gasteiger partial charge in [0.1, 0.15) is 5.82 Å². The molecule has 20 heavy (non-hydrogen) atoms. The van der Waals surface area contributed by atoms with Gasteiger partial charge in [0.2, 0.25) is 0 Å². The van der Waals surface area contributed by atoms with Gasteiger partial charge in [-0.3, -0.25) is 4.90 Å². The molecule has 2 heterocycles. The maximum atomic E-state index is 13.6. The molecule has 2 aliphatic rings. The molecule has 2 aliphatic heterocycles. The number of ether oxygens (including phenoxy) is 1. The van der Waals surface area contributed by atoms with E-state index in [4.69, 9.17) is 4.74 Å². The van der Waals surface area contributed by atoms with Gasteiger partial charge in [0.25, 0.3) is 0 Å². The van der Waals surface area contributed by atoms with E-state index in [-0.39, 0.29) is 17.9 Å². The Labute approximate surface area is 119 Å². The lowest BCUT2D eigenvalue weighted by Gasteiger charge is -2.50. The number of halogens is 1. The van der Waals surface area contributed by atoms with Gasteiger partial charge >= 0.3 is 0 Å². The summed E-state index contributed by atoms with van der Waals surface area (Å²) in [5.74, 6) is -0.192. The van der Waals surface area contributed by atoms with Crippen molar-refractivity contribution in [2.24, 2.45) is 0 Å². The summed E-state index contributed by atoms with van der Waals surface area (Å²) >= 11 is 0. The molecule has 0 spiro atoms. The molecule has 2 atom stereocenters. The van der Waals surface area contributed by atoms with Crippen molar-refractivity contribution in [3.8, 4) is 0 Å². The van der Waals surface area contributed by atoms with Crippen LogP contribution in [0.3, 0.4) is 0 Å². The van der Waals surface area contributed by atoms with Gasteiger partial charge in [0, 0.05) is 18.5 Å². The van der Waals surface area contributed by atoms with Gasteiger partial charge in [0.05, 0.1) is 18.8 Å². The van der Waals surface area contributed by atoms with Crippen LogP contribution in [0.25, 0.3) is 0 Å². The minimum absolute atomic E-state index is 0.192. The summed E-state index contributed by atoms with van der Waals surface area (Å²) in [4.78, 5) is 2.31. The van der Waals surface area contributed by atoms with Crippen molar-refractivity contribution in [1.29, 1.82) is 0 Å². The number of hydrogen-bond acceptors (Lipinski definition) is 3. The maximum Gasteiger partial charge on any atom is 0.126 e. The Morgan fingerprint density at radius 3 is 2.60 bits per heavy atom. The third-order valence-corrected chi connectivity index (χ3v) is 4.77. The van der Waals surface area contributed by atoms with Crippen molar-refractivity contribution in [3.63, 3.8) is 0 Å². The molecule has 1 N–H and O–H groups in total. The lowest BCUT2D eigenvalue weighted by molar-refractivity contribution is -0.133. The van der Waals surface area contributed by atoms with E-state index in [2.05, 4.69) is 11.9 Å². The van der Waals surface area contributed by atoms with Crippen LogP contribution in [0.2, 0.25) is 0 Å². The molecule has 0 aliphatic carbocycles. The number of piperidine rings is 1. The zero-order valence-electron chi connectivity index (χ0n) is 12.1. The fourth-order valence-corrected chi connectivity index (χ4v) is 3.51. The highest BCUT2D eigenvalue weighted by Crippen LogP contribution is 2.35. The van der Waals surface area contributed by atoms with Gasteiger partial charge in [-0.2, -0.15) is 0 Å². The standard InChI is InChI=1S/C16H22FNO2/c1-11-3-4-12(5-15(11)17)6-16(19)7-13-9-20-10-14(8-16)18(13)2/h3-5,13-14,19H,6-10H2,1-2H3. The Bertz CT molecular complexity index is 491. The van der Waals surface area contributed by atoms with Crippen molar-refractivity contribution in [3.05, 3.63) is 35.1 Å². The third kappa shape index (κ3) is 2.60. The lowest BCUT2D eigenvalue weighted by atomic mass is 9.78. The van der Waals surface area contributed by atoms with Gasteiger partial charge in [-0.05, 0) is 44.0 Å². The summed E-state index contributed by atoms with van der Waals surface area (Å²) in [6, 6.07) is 5.79. The Balaban J connectivity index is 1.77. The predicted molar refractivity (Wildman–Crippen MR) is 75.2 cm³/mol. The summed E-state index contributed by atoms with van der Waals surface area (Å²) in [5, 5.41) is 10.9. The largest absolute Gasteiger partial charge is 0.389 e. The molecule has 2 unspecified atom stereocenters. The first-order valence-electron chi connectivity index (χ1n) is 7.24. The van der Waals surface area contributed by atoms with Crippen molar-refractivity contribution < 1.29 is 14.2 Å². The van der Waals surface area contributed by atoms with E-state index in [1.807, 2.05) is 6.07 Å². The van der Waals surface area contributed by atoms with E-state index < -0.39 is 5.60 Å². The smallest absolute Gasteiger partial charge is 0.126 e. The van der Waals surface area contributed by atoms with Gasteiger partial charge in [-0.25, -0.2) is 4.39 Å². The molecule has 0 amide bonds. The first-order valence-corrected chi connectivity index (χ1v) is 7.24. The van der Waals surface area contributed by atoms with E-state index in [0.717, 1.165) is 5.56 Å². The number of benzene rings is 1. The normalized spacial score (nSPS) is 34.2. The van der Waals surface area contributed by atoms with Gasteiger partial charge in [-0.15, -0.1) is 0 Å². The van der Waals surface area contributed by atoms with Crippen LogP contribution < -0.4 is 0 Å². The van der Waals surface area contributed by atoms with E-state index in [0.29, 0.717) is 38.0 Å². The first-order chi connectivity index (χ1) is 9.47. The number of rotatable bonds is 2. The third-order valence-electron chi connectivity index (χ3n) is 4.77. The zero-order valence-corrected chi connectivity index (χ0v) is 12.1. The average molecular weight is 279 g/mol. The van der Waals surface area contributed by atoms with Crippen LogP contribution in [0.4, 0.5) is 4.39 Å². The predicted octanol–water partition coefficient (Wildman–Crippen LogP) is 1.90. The molecule has 0 saturated carbocycles. The fraction of sp³-hybridized carbons (Fsp3) is 0.625. The van der Waals surface area contributed by atoms with Gasteiger partial charge < -0.3 is 9.84 Å². The Morgan fingerprint density at radius 2 is 2.00 bits per heavy atom. The highest BCUT2D eigenvalue weighted by molar-refractivity contribution is 5.25. The van der Waals surface area contributed by atoms with E-state index in [1.54, 1.807) is 19.1 Å². The van der Waals surface area contributed by atoms with Crippen LogP contribution in [0, 0.1) is 12.7 Å². The van der Waals surface area contributed by atoms with E-state index in [1.165, 1.54) is 0 Å². The second-order valence-electron chi connectivity index (χ2n) is 6.40. The van der Waals surface area contributed by atoms with E-state index in [9.17, 15) is 9.50 Å². The van der Waals surface area contributed by atoms with Crippen molar-refractivity contribution in [2.45, 2.75) is 43.9 Å². The van der Waals surface area contributed by atoms with Gasteiger partial charge in [0.15, 0.2) is 0 Å². The molecule has 4 heteroatoms. The van der Waals surface area contributed by atoms with Crippen LogP contribution in [0.15, 0.2) is 18.2 Å². The Hall–Kier alpha value is -0.970. The number of morpholine rings is 1. The minimum atomic E-state index is -0.743. The van der Waals surface area contributed by atoms with E-state index >= 15 is 0 Å². The zero-order chi connectivity index (χ0) is 14.3. The number of likely N-dealkylation sites (N-methyl/N-ethyl adjacent to an activating group) is 1. The molecule has 2 bridgehead atoms. The molecule has 1 aromatic rings. The topological polar surface area (TPSA) is 32.7 Å². The van der Waals surface area contributed by atoms with Crippen LogP contribution >= 0.6 is 0 Å². The molecular formula is C16H22FNO2. The maximum absolute atomic E-state index is 13.6. The number of nitrogens with zero attached hydrogens (tertiary/aromatic N) is 1. The molecule has 0 radical (unpaired) electrons. The monoisotopic (exact) mass is 279 g/mol. The lowest BCUT2D eigenvalue weighted by Crippen LogP contribution is -2.60.